The average molecular weight is 287 g/mol. The molecule has 1 aromatic carbocycles. The maximum absolute atomic E-state index is 11.5. The number of carbonyl (C=O) groups is 1. The van der Waals surface area contributed by atoms with Crippen molar-refractivity contribution >= 4 is 16.8 Å². The molecule has 2 rings (SSSR count). The van der Waals surface area contributed by atoms with Crippen molar-refractivity contribution in [2.24, 2.45) is 0 Å². The molecule has 1 amide bonds. The first-order valence-electron chi connectivity index (χ1n) is 7.09. The van der Waals surface area contributed by atoms with Gasteiger partial charge >= 0.3 is 0 Å². The Labute approximate surface area is 124 Å². The fourth-order valence-electron chi connectivity index (χ4n) is 2.05. The molecule has 2 N–H and O–H groups in total. The van der Waals surface area contributed by atoms with E-state index >= 15 is 0 Å². The third kappa shape index (κ3) is 5.13. The van der Waals surface area contributed by atoms with E-state index in [1.807, 2.05) is 12.1 Å². The van der Waals surface area contributed by atoms with Gasteiger partial charge in [0.25, 0.3) is 0 Å². The lowest BCUT2D eigenvalue weighted by Gasteiger charge is -2.07. The van der Waals surface area contributed by atoms with E-state index in [4.69, 9.17) is 4.74 Å². The van der Waals surface area contributed by atoms with E-state index < -0.39 is 0 Å². The summed E-state index contributed by atoms with van der Waals surface area (Å²) in [6.45, 7) is 2.51. The standard InChI is InChI=1S/C16H21N3O2/c1-21-10-9-19-16(20)6-8-17-12-13-4-5-15-14(11-13)3-2-7-18-15/h2-5,7,11,17H,6,8-10,12H2,1H3,(H,19,20). The Morgan fingerprint density at radius 1 is 1.29 bits per heavy atom. The van der Waals surface area contributed by atoms with E-state index in [0.29, 0.717) is 26.1 Å². The maximum Gasteiger partial charge on any atom is 0.221 e. The number of benzene rings is 1. The SMILES string of the molecule is COCCNC(=O)CCNCc1ccc2ncccc2c1. The number of methoxy groups -OCH3 is 1. The first-order chi connectivity index (χ1) is 10.3. The number of fused-ring (bicyclic) bond motifs is 1. The van der Waals surface area contributed by atoms with Crippen LogP contribution < -0.4 is 10.6 Å². The molecule has 0 aliphatic carbocycles. The van der Waals surface area contributed by atoms with Crippen molar-refractivity contribution < 1.29 is 9.53 Å². The topological polar surface area (TPSA) is 63.2 Å². The zero-order chi connectivity index (χ0) is 14.9. The van der Waals surface area contributed by atoms with Crippen LogP contribution in [0.1, 0.15) is 12.0 Å². The first-order valence-corrected chi connectivity index (χ1v) is 7.09. The van der Waals surface area contributed by atoms with Crippen LogP contribution in [0.3, 0.4) is 0 Å². The number of aromatic nitrogens is 1. The second-order valence-corrected chi connectivity index (χ2v) is 4.80. The number of pyridine rings is 1. The van der Waals surface area contributed by atoms with Gasteiger partial charge in [-0.25, -0.2) is 0 Å². The van der Waals surface area contributed by atoms with Crippen molar-refractivity contribution in [3.8, 4) is 0 Å². The largest absolute Gasteiger partial charge is 0.383 e. The van der Waals surface area contributed by atoms with Gasteiger partial charge < -0.3 is 15.4 Å². The van der Waals surface area contributed by atoms with Gasteiger partial charge in [0.2, 0.25) is 5.91 Å². The number of carbonyl (C=O) groups excluding carboxylic acids is 1. The van der Waals surface area contributed by atoms with Crippen LogP contribution in [0.25, 0.3) is 10.9 Å². The highest BCUT2D eigenvalue weighted by atomic mass is 16.5. The molecule has 5 nitrogen and oxygen atoms in total. The van der Waals surface area contributed by atoms with Crippen LogP contribution in [-0.4, -0.2) is 37.7 Å². The van der Waals surface area contributed by atoms with Crippen molar-refractivity contribution in [3.05, 3.63) is 42.1 Å². The minimum atomic E-state index is 0.0438. The summed E-state index contributed by atoms with van der Waals surface area (Å²) in [5.41, 5.74) is 2.19. The molecule has 0 saturated heterocycles. The first kappa shape index (κ1) is 15.4. The summed E-state index contributed by atoms with van der Waals surface area (Å²) < 4.78 is 4.88. The Hall–Kier alpha value is -1.98. The van der Waals surface area contributed by atoms with E-state index in [-0.39, 0.29) is 5.91 Å². The lowest BCUT2D eigenvalue weighted by molar-refractivity contribution is -0.121. The Bertz CT molecular complexity index is 586. The van der Waals surface area contributed by atoms with Crippen molar-refractivity contribution in [3.63, 3.8) is 0 Å². The fraction of sp³-hybridized carbons (Fsp3) is 0.375. The zero-order valence-electron chi connectivity index (χ0n) is 12.3. The average Bonchev–Trinajstić information content (AvgIpc) is 2.52. The van der Waals surface area contributed by atoms with Gasteiger partial charge in [-0.05, 0) is 23.8 Å². The molecule has 0 unspecified atom stereocenters. The van der Waals surface area contributed by atoms with Crippen LogP contribution in [0.15, 0.2) is 36.5 Å². The zero-order valence-corrected chi connectivity index (χ0v) is 12.3. The van der Waals surface area contributed by atoms with Gasteiger partial charge in [-0.1, -0.05) is 12.1 Å². The molecule has 2 aromatic rings. The van der Waals surface area contributed by atoms with Gasteiger partial charge in [-0.2, -0.15) is 0 Å². The third-order valence-electron chi connectivity index (χ3n) is 3.15. The van der Waals surface area contributed by atoms with Crippen molar-refractivity contribution in [2.45, 2.75) is 13.0 Å². The molecule has 0 atom stereocenters. The molecule has 0 aliphatic rings. The Morgan fingerprint density at radius 3 is 3.05 bits per heavy atom. The molecular weight excluding hydrogens is 266 g/mol. The van der Waals surface area contributed by atoms with Gasteiger partial charge in [0.15, 0.2) is 0 Å². The van der Waals surface area contributed by atoms with Crippen molar-refractivity contribution in [1.82, 2.24) is 15.6 Å². The van der Waals surface area contributed by atoms with Crippen LogP contribution in [0.2, 0.25) is 0 Å². The summed E-state index contributed by atoms with van der Waals surface area (Å²) in [5.74, 6) is 0.0438. The number of hydrogen-bond donors (Lipinski definition) is 2. The van der Waals surface area contributed by atoms with Gasteiger partial charge in [0, 0.05) is 44.7 Å². The molecule has 0 saturated carbocycles. The number of hydrogen-bond acceptors (Lipinski definition) is 4. The molecule has 1 aromatic heterocycles. The maximum atomic E-state index is 11.5. The Kier molecular flexibility index (Phi) is 6.12. The minimum Gasteiger partial charge on any atom is -0.383 e. The fourth-order valence-corrected chi connectivity index (χ4v) is 2.05. The monoisotopic (exact) mass is 287 g/mol. The summed E-state index contributed by atoms with van der Waals surface area (Å²) in [6.07, 6.45) is 2.27. The quantitative estimate of drug-likeness (QED) is 0.722. The minimum absolute atomic E-state index is 0.0438. The summed E-state index contributed by atoms with van der Waals surface area (Å²) >= 11 is 0. The number of nitrogens with one attached hydrogen (secondary N) is 2. The second kappa shape index (κ2) is 8.34. The molecule has 0 radical (unpaired) electrons. The van der Waals surface area contributed by atoms with Gasteiger partial charge in [-0.15, -0.1) is 0 Å². The van der Waals surface area contributed by atoms with Crippen LogP contribution in [-0.2, 0) is 16.1 Å². The van der Waals surface area contributed by atoms with E-state index in [2.05, 4.69) is 33.8 Å². The highest BCUT2D eigenvalue weighted by Crippen LogP contribution is 2.12. The second-order valence-electron chi connectivity index (χ2n) is 4.80. The summed E-state index contributed by atoms with van der Waals surface area (Å²) in [4.78, 5) is 15.8. The molecule has 21 heavy (non-hydrogen) atoms. The van der Waals surface area contributed by atoms with Gasteiger partial charge in [0.05, 0.1) is 12.1 Å². The number of ether oxygens (including phenoxy) is 1. The summed E-state index contributed by atoms with van der Waals surface area (Å²) in [7, 11) is 1.62. The predicted molar refractivity (Wildman–Crippen MR) is 83.0 cm³/mol. The molecule has 5 heteroatoms. The molecule has 0 fully saturated rings. The van der Waals surface area contributed by atoms with Crippen LogP contribution >= 0.6 is 0 Å². The lowest BCUT2D eigenvalue weighted by atomic mass is 10.1. The van der Waals surface area contributed by atoms with Gasteiger partial charge in [0.1, 0.15) is 0 Å². The summed E-state index contributed by atoms with van der Waals surface area (Å²) in [6, 6.07) is 10.2. The predicted octanol–water partition coefficient (Wildman–Crippen LogP) is 1.48. The third-order valence-corrected chi connectivity index (χ3v) is 3.15. The Balaban J connectivity index is 1.71. The molecule has 0 bridgehead atoms. The van der Waals surface area contributed by atoms with E-state index in [9.17, 15) is 4.79 Å². The smallest absolute Gasteiger partial charge is 0.221 e. The van der Waals surface area contributed by atoms with Crippen molar-refractivity contribution in [2.75, 3.05) is 26.8 Å². The highest BCUT2D eigenvalue weighted by Gasteiger charge is 2.01. The molecule has 0 aliphatic heterocycles. The van der Waals surface area contributed by atoms with Gasteiger partial charge in [-0.3, -0.25) is 9.78 Å². The molecule has 0 spiro atoms. The lowest BCUT2D eigenvalue weighted by Crippen LogP contribution is -2.29. The van der Waals surface area contributed by atoms with E-state index in [1.165, 1.54) is 5.56 Å². The van der Waals surface area contributed by atoms with Crippen molar-refractivity contribution in [1.29, 1.82) is 0 Å². The van der Waals surface area contributed by atoms with Crippen LogP contribution in [0.4, 0.5) is 0 Å². The number of nitrogens with zero attached hydrogens (tertiary/aromatic N) is 1. The van der Waals surface area contributed by atoms with E-state index in [1.54, 1.807) is 13.3 Å². The number of amides is 1. The normalized spacial score (nSPS) is 10.7. The number of rotatable bonds is 8. The summed E-state index contributed by atoms with van der Waals surface area (Å²) in [5, 5.41) is 7.20. The molecule has 1 heterocycles. The van der Waals surface area contributed by atoms with Crippen LogP contribution in [0.5, 0.6) is 0 Å². The highest BCUT2D eigenvalue weighted by molar-refractivity contribution is 5.79. The van der Waals surface area contributed by atoms with E-state index in [0.717, 1.165) is 17.4 Å². The Morgan fingerprint density at radius 2 is 2.19 bits per heavy atom. The molecular formula is C16H21N3O2. The molecule has 112 valence electrons. The van der Waals surface area contributed by atoms with Crippen LogP contribution in [0, 0.1) is 0 Å².